The van der Waals surface area contributed by atoms with Gasteiger partial charge in [-0.1, -0.05) is 181 Å². The highest BCUT2D eigenvalue weighted by atomic mass is 31.2. The summed E-state index contributed by atoms with van der Waals surface area (Å²) >= 11 is 0. The molecule has 0 aromatic carbocycles. The summed E-state index contributed by atoms with van der Waals surface area (Å²) in [5, 5.41) is 0. The van der Waals surface area contributed by atoms with Crippen molar-refractivity contribution in [3.05, 3.63) is 0 Å². The van der Waals surface area contributed by atoms with Gasteiger partial charge in [-0.15, -0.1) is 0 Å². The highest BCUT2D eigenvalue weighted by Gasteiger charge is 2.24. The van der Waals surface area contributed by atoms with Crippen molar-refractivity contribution in [3.63, 3.8) is 0 Å². The quantitative estimate of drug-likeness (QED) is 0.0429. The Kier molecular flexibility index (Phi) is 30.8. The van der Waals surface area contributed by atoms with Gasteiger partial charge in [0.1, 0.15) is 13.2 Å². The lowest BCUT2D eigenvalue weighted by Crippen LogP contribution is -2.37. The van der Waals surface area contributed by atoms with Crippen LogP contribution in [0.1, 0.15) is 194 Å². The first-order chi connectivity index (χ1) is 20.7. The van der Waals surface area contributed by atoms with Crippen LogP contribution in [0.25, 0.3) is 0 Å². The van der Waals surface area contributed by atoms with Gasteiger partial charge in [0.2, 0.25) is 0 Å². The molecule has 0 heterocycles. The largest absolute Gasteiger partial charge is 0.472 e. The molecule has 2 unspecified atom stereocenters. The highest BCUT2D eigenvalue weighted by molar-refractivity contribution is 7.47. The minimum absolute atomic E-state index is 0.236. The maximum Gasteiger partial charge on any atom is 0.472 e. The fourth-order valence-electron chi connectivity index (χ4n) is 5.88. The lowest BCUT2D eigenvalue weighted by atomic mass is 9.94. The highest BCUT2D eigenvalue weighted by Crippen LogP contribution is 2.44. The number of phosphoric ester groups is 1. The molecular weight excluding hydrogens is 553 g/mol. The number of nitrogens with zero attached hydrogens (tertiary/aromatic N) is 1. The van der Waals surface area contributed by atoms with Crippen molar-refractivity contribution in [2.24, 2.45) is 5.92 Å². The fourth-order valence-corrected chi connectivity index (χ4v) is 6.67. The summed E-state index contributed by atoms with van der Waals surface area (Å²) < 4.78 is 24.0. The van der Waals surface area contributed by atoms with Gasteiger partial charge in [-0.3, -0.25) is 9.05 Å². The Morgan fingerprint density at radius 3 is 1.12 bits per heavy atom. The van der Waals surface area contributed by atoms with Crippen LogP contribution in [0.4, 0.5) is 0 Å². The van der Waals surface area contributed by atoms with E-state index >= 15 is 0 Å². The molecule has 1 N–H and O–H groups in total. The number of hydrogen-bond acceptors (Lipinski definition) is 3. The second-order valence-corrected chi connectivity index (χ2v) is 16.0. The zero-order valence-electron chi connectivity index (χ0n) is 30.1. The Bertz CT molecular complexity index is 610. The normalized spacial score (nSPS) is 14.3. The van der Waals surface area contributed by atoms with E-state index in [4.69, 9.17) is 9.05 Å². The topological polar surface area (TPSA) is 55.8 Å². The lowest BCUT2D eigenvalue weighted by molar-refractivity contribution is -0.870. The maximum absolute atomic E-state index is 12.5. The van der Waals surface area contributed by atoms with E-state index in [2.05, 4.69) is 13.8 Å². The SMILES string of the molecule is CCCCCCCCCCCCCCCCC(CCCCCCCCCCCCCC)COP(=O)(O)OCC[N+](C)(C)C. The average Bonchev–Trinajstić information content (AvgIpc) is 2.95. The van der Waals surface area contributed by atoms with Gasteiger partial charge < -0.3 is 9.38 Å². The third-order valence-electron chi connectivity index (χ3n) is 8.92. The molecule has 0 fully saturated rings. The Morgan fingerprint density at radius 1 is 0.512 bits per heavy atom. The van der Waals surface area contributed by atoms with Crippen LogP contribution >= 0.6 is 7.82 Å². The molecule has 0 amide bonds. The average molecular weight is 633 g/mol. The number of hydrogen-bond donors (Lipinski definition) is 1. The van der Waals surface area contributed by atoms with E-state index in [1.807, 2.05) is 21.1 Å². The maximum atomic E-state index is 12.5. The number of rotatable bonds is 35. The molecule has 0 aromatic rings. The number of unbranched alkanes of at least 4 members (excludes halogenated alkanes) is 24. The summed E-state index contributed by atoms with van der Waals surface area (Å²) in [4.78, 5) is 10.2. The van der Waals surface area contributed by atoms with E-state index in [0.717, 1.165) is 12.8 Å². The summed E-state index contributed by atoms with van der Waals surface area (Å²) in [7, 11) is 2.16. The number of quaternary nitrogens is 1. The first-order valence-corrected chi connectivity index (χ1v) is 20.6. The summed E-state index contributed by atoms with van der Waals surface area (Å²) in [5.41, 5.74) is 0. The van der Waals surface area contributed by atoms with Crippen molar-refractivity contribution >= 4 is 7.82 Å². The molecule has 6 heteroatoms. The van der Waals surface area contributed by atoms with Gasteiger partial charge in [-0.25, -0.2) is 4.57 Å². The van der Waals surface area contributed by atoms with E-state index in [0.29, 0.717) is 23.6 Å². The van der Waals surface area contributed by atoms with Crippen molar-refractivity contribution in [2.75, 3.05) is 40.9 Å². The van der Waals surface area contributed by atoms with Gasteiger partial charge in [0.05, 0.1) is 27.7 Å². The van der Waals surface area contributed by atoms with Crippen molar-refractivity contribution < 1.29 is 23.0 Å². The molecule has 0 bridgehead atoms. The molecule has 0 aliphatic heterocycles. The van der Waals surface area contributed by atoms with E-state index < -0.39 is 7.82 Å². The van der Waals surface area contributed by atoms with Gasteiger partial charge in [0.15, 0.2) is 0 Å². The van der Waals surface area contributed by atoms with Crippen LogP contribution in [0, 0.1) is 5.92 Å². The smallest absolute Gasteiger partial charge is 0.329 e. The zero-order valence-corrected chi connectivity index (χ0v) is 31.0. The lowest BCUT2D eigenvalue weighted by Gasteiger charge is -2.24. The fraction of sp³-hybridized carbons (Fsp3) is 1.00. The second kappa shape index (κ2) is 30.7. The molecule has 0 aliphatic rings. The summed E-state index contributed by atoms with van der Waals surface area (Å²) in [6.45, 7) is 5.82. The monoisotopic (exact) mass is 633 g/mol. The number of likely N-dealkylation sites (N-methyl/N-ethyl adjacent to an activating group) is 1. The van der Waals surface area contributed by atoms with Gasteiger partial charge in [0, 0.05) is 0 Å². The summed E-state index contributed by atoms with van der Waals surface area (Å²) in [6.07, 6.45) is 37.6. The first-order valence-electron chi connectivity index (χ1n) is 19.1. The molecule has 0 aliphatic carbocycles. The minimum Gasteiger partial charge on any atom is -0.329 e. The summed E-state index contributed by atoms with van der Waals surface area (Å²) in [5.74, 6) is 0.350. The molecule has 0 spiro atoms. The van der Waals surface area contributed by atoms with Gasteiger partial charge in [-0.05, 0) is 18.8 Å². The molecule has 260 valence electrons. The van der Waals surface area contributed by atoms with Gasteiger partial charge in [0.25, 0.3) is 0 Å². The van der Waals surface area contributed by atoms with Crippen LogP contribution in [-0.4, -0.2) is 50.3 Å². The predicted molar refractivity (Wildman–Crippen MR) is 189 cm³/mol. The van der Waals surface area contributed by atoms with E-state index in [1.165, 1.54) is 167 Å². The second-order valence-electron chi connectivity index (χ2n) is 14.5. The molecular formula is C37H79NO4P+. The molecule has 0 saturated carbocycles. The Labute approximate surface area is 270 Å². The molecule has 2 atom stereocenters. The molecule has 0 aromatic heterocycles. The van der Waals surface area contributed by atoms with Crippen LogP contribution in [0.15, 0.2) is 0 Å². The Hall–Kier alpha value is 0.0700. The molecule has 0 saturated heterocycles. The Morgan fingerprint density at radius 2 is 0.814 bits per heavy atom. The predicted octanol–water partition coefficient (Wildman–Crippen LogP) is 12.4. The van der Waals surface area contributed by atoms with Crippen LogP contribution in [-0.2, 0) is 13.6 Å². The minimum atomic E-state index is -3.99. The van der Waals surface area contributed by atoms with Crippen LogP contribution in [0.5, 0.6) is 0 Å². The van der Waals surface area contributed by atoms with Gasteiger partial charge >= 0.3 is 7.82 Å². The molecule has 0 rings (SSSR count). The molecule has 5 nitrogen and oxygen atoms in total. The third-order valence-corrected chi connectivity index (χ3v) is 9.91. The molecule has 43 heavy (non-hydrogen) atoms. The van der Waals surface area contributed by atoms with Gasteiger partial charge in [-0.2, -0.15) is 0 Å². The van der Waals surface area contributed by atoms with E-state index in [-0.39, 0.29) is 6.61 Å². The van der Waals surface area contributed by atoms with Crippen molar-refractivity contribution in [3.8, 4) is 0 Å². The van der Waals surface area contributed by atoms with Crippen LogP contribution in [0.3, 0.4) is 0 Å². The Balaban J connectivity index is 4.14. The van der Waals surface area contributed by atoms with E-state index in [1.54, 1.807) is 0 Å². The van der Waals surface area contributed by atoms with Crippen LogP contribution in [0.2, 0.25) is 0 Å². The van der Waals surface area contributed by atoms with E-state index in [9.17, 15) is 9.46 Å². The van der Waals surface area contributed by atoms with Crippen molar-refractivity contribution in [1.82, 2.24) is 0 Å². The van der Waals surface area contributed by atoms with Crippen molar-refractivity contribution in [1.29, 1.82) is 0 Å². The first kappa shape index (κ1) is 43.1. The van der Waals surface area contributed by atoms with Crippen molar-refractivity contribution in [2.45, 2.75) is 194 Å². The zero-order chi connectivity index (χ0) is 31.9. The van der Waals surface area contributed by atoms with Crippen LogP contribution < -0.4 is 0 Å². The third kappa shape index (κ3) is 34.8. The standard InChI is InChI=1S/C37H78NO4P/c1-6-8-10-12-14-16-18-20-21-23-25-27-29-31-33-37(36-42-43(39,40)41-35-34-38(3,4)5)32-30-28-26-24-22-19-17-15-13-11-9-7-2/h37H,6-36H2,1-5H3/p+1. The summed E-state index contributed by atoms with van der Waals surface area (Å²) in [6, 6.07) is 0. The number of phosphoric acid groups is 1. The molecule has 0 radical (unpaired) electrons.